The van der Waals surface area contributed by atoms with Gasteiger partial charge in [0.15, 0.2) is 5.52 Å². The summed E-state index contributed by atoms with van der Waals surface area (Å²) >= 11 is 0. The van der Waals surface area contributed by atoms with E-state index < -0.39 is 5.56 Å². The molecule has 0 radical (unpaired) electrons. The Balaban J connectivity index is 1.52. The quantitative estimate of drug-likeness (QED) is 0.472. The van der Waals surface area contributed by atoms with Gasteiger partial charge in [-0.05, 0) is 36.2 Å². The van der Waals surface area contributed by atoms with Crippen LogP contribution in [0.4, 0.5) is 0 Å². The fourth-order valence-electron chi connectivity index (χ4n) is 2.95. The van der Waals surface area contributed by atoms with Gasteiger partial charge in [-0.3, -0.25) is 24.5 Å². The minimum Gasteiger partial charge on any atom is -0.350 e. The highest BCUT2D eigenvalue weighted by Crippen LogP contribution is 2.12. The van der Waals surface area contributed by atoms with Gasteiger partial charge in [0.05, 0.1) is 17.8 Å². The monoisotopic (exact) mass is 376 g/mol. The number of fused-ring (bicyclic) bond motifs is 2. The number of pyridine rings is 1. The molecular weight excluding hydrogens is 360 g/mol. The standard InChI is InChI=1S/C19H16N6O3/c26-15(21-10-12-3-1-2-8-20-12)7-5-11-4-6-13-14(9-11)22-19(28)17-16(18(13)27)23-25-24-17/h1-4,6,8-9H,5,7,10H2,(H,21,26)(H,22,28)(H,23,24,25). The number of aryl methyl sites for hydroxylation is 1. The van der Waals surface area contributed by atoms with Gasteiger partial charge in [-0.1, -0.05) is 17.3 Å². The van der Waals surface area contributed by atoms with E-state index in [-0.39, 0.29) is 28.8 Å². The average molecular weight is 376 g/mol. The first-order valence-electron chi connectivity index (χ1n) is 8.68. The van der Waals surface area contributed by atoms with E-state index >= 15 is 0 Å². The zero-order valence-electron chi connectivity index (χ0n) is 14.7. The summed E-state index contributed by atoms with van der Waals surface area (Å²) in [6.45, 7) is 0.368. The molecule has 0 aliphatic rings. The van der Waals surface area contributed by atoms with Gasteiger partial charge in [-0.2, -0.15) is 0 Å². The first-order valence-corrected chi connectivity index (χ1v) is 8.68. The fourth-order valence-corrected chi connectivity index (χ4v) is 2.95. The third-order valence-corrected chi connectivity index (χ3v) is 4.40. The average Bonchev–Trinajstić information content (AvgIpc) is 3.18. The van der Waals surface area contributed by atoms with E-state index in [1.165, 1.54) is 0 Å². The van der Waals surface area contributed by atoms with Crippen LogP contribution in [0.25, 0.3) is 21.9 Å². The van der Waals surface area contributed by atoms with Crippen LogP contribution in [0.5, 0.6) is 0 Å². The number of aromatic amines is 2. The van der Waals surface area contributed by atoms with Crippen molar-refractivity contribution in [2.75, 3.05) is 0 Å². The molecule has 4 aromatic rings. The normalized spacial score (nSPS) is 11.0. The van der Waals surface area contributed by atoms with E-state index in [4.69, 9.17) is 0 Å². The van der Waals surface area contributed by atoms with Gasteiger partial charge in [0.2, 0.25) is 11.3 Å². The Bertz CT molecular complexity index is 1280. The Hall–Kier alpha value is -3.88. The smallest absolute Gasteiger partial charge is 0.278 e. The summed E-state index contributed by atoms with van der Waals surface area (Å²) in [5.74, 6) is -0.106. The van der Waals surface area contributed by atoms with Crippen molar-refractivity contribution in [2.24, 2.45) is 0 Å². The summed E-state index contributed by atoms with van der Waals surface area (Å²) in [4.78, 5) is 43.7. The van der Waals surface area contributed by atoms with E-state index in [9.17, 15) is 14.4 Å². The molecule has 28 heavy (non-hydrogen) atoms. The first kappa shape index (κ1) is 17.5. The highest BCUT2D eigenvalue weighted by molar-refractivity contribution is 5.86. The molecule has 9 nitrogen and oxygen atoms in total. The molecule has 3 heterocycles. The summed E-state index contributed by atoms with van der Waals surface area (Å²) in [6.07, 6.45) is 2.42. The number of hydrogen-bond donors (Lipinski definition) is 3. The molecule has 1 aromatic carbocycles. The van der Waals surface area contributed by atoms with Crippen molar-refractivity contribution in [3.63, 3.8) is 0 Å². The minimum atomic E-state index is -0.499. The molecule has 0 fully saturated rings. The molecule has 4 rings (SSSR count). The summed E-state index contributed by atoms with van der Waals surface area (Å²) in [6, 6.07) is 10.6. The number of rotatable bonds is 5. The predicted molar refractivity (Wildman–Crippen MR) is 103 cm³/mol. The maximum atomic E-state index is 12.6. The minimum absolute atomic E-state index is 0.0309. The van der Waals surface area contributed by atoms with Crippen LogP contribution >= 0.6 is 0 Å². The summed E-state index contributed by atoms with van der Waals surface area (Å²) < 4.78 is 0. The number of carbonyl (C=O) groups is 1. The Kier molecular flexibility index (Phi) is 4.63. The van der Waals surface area contributed by atoms with E-state index in [0.717, 1.165) is 11.3 Å². The van der Waals surface area contributed by atoms with Gasteiger partial charge in [-0.25, -0.2) is 0 Å². The molecule has 0 aliphatic carbocycles. The van der Waals surface area contributed by atoms with E-state index in [1.54, 1.807) is 24.4 Å². The largest absolute Gasteiger partial charge is 0.350 e. The number of benzene rings is 1. The maximum absolute atomic E-state index is 12.6. The SMILES string of the molecule is O=C(CCc1ccc2c(=O)c3[nH]nnc3c(=O)[nH]c2c1)NCc1ccccn1. The van der Waals surface area contributed by atoms with Crippen LogP contribution < -0.4 is 16.3 Å². The number of carbonyl (C=O) groups excluding carboxylic acids is 1. The second kappa shape index (κ2) is 7.39. The Labute approximate surface area is 157 Å². The third-order valence-electron chi connectivity index (χ3n) is 4.40. The number of nitrogens with zero attached hydrogens (tertiary/aromatic N) is 3. The van der Waals surface area contributed by atoms with Gasteiger partial charge in [-0.15, -0.1) is 5.10 Å². The number of aromatic nitrogens is 5. The number of hydrogen-bond acceptors (Lipinski definition) is 6. The van der Waals surface area contributed by atoms with Gasteiger partial charge < -0.3 is 10.3 Å². The zero-order valence-corrected chi connectivity index (χ0v) is 14.7. The first-order chi connectivity index (χ1) is 13.6. The molecule has 1 amide bonds. The van der Waals surface area contributed by atoms with Crippen molar-refractivity contribution >= 4 is 27.8 Å². The number of nitrogens with one attached hydrogen (secondary N) is 3. The predicted octanol–water partition coefficient (Wildman–Crippen LogP) is 0.804. The highest BCUT2D eigenvalue weighted by atomic mass is 16.1. The van der Waals surface area contributed by atoms with Crippen molar-refractivity contribution in [1.29, 1.82) is 0 Å². The topological polar surface area (TPSA) is 133 Å². The van der Waals surface area contributed by atoms with Crippen LogP contribution in [-0.4, -0.2) is 31.3 Å². The molecule has 0 aliphatic heterocycles. The molecule has 3 aromatic heterocycles. The van der Waals surface area contributed by atoms with E-state index in [2.05, 4.69) is 30.7 Å². The summed E-state index contributed by atoms with van der Waals surface area (Å²) in [7, 11) is 0. The zero-order chi connectivity index (χ0) is 19.5. The van der Waals surface area contributed by atoms with E-state index in [1.807, 2.05) is 18.2 Å². The molecule has 0 bridgehead atoms. The molecule has 0 saturated heterocycles. The van der Waals surface area contributed by atoms with Crippen molar-refractivity contribution in [1.82, 2.24) is 30.7 Å². The Morgan fingerprint density at radius 2 is 2.04 bits per heavy atom. The van der Waals surface area contributed by atoms with Crippen LogP contribution in [0.1, 0.15) is 17.7 Å². The van der Waals surface area contributed by atoms with Crippen LogP contribution in [0.3, 0.4) is 0 Å². The molecule has 9 heteroatoms. The van der Waals surface area contributed by atoms with Crippen LogP contribution in [0.15, 0.2) is 52.2 Å². The van der Waals surface area contributed by atoms with Crippen molar-refractivity contribution in [3.8, 4) is 0 Å². The third kappa shape index (κ3) is 3.50. The van der Waals surface area contributed by atoms with Crippen LogP contribution in [0, 0.1) is 0 Å². The highest BCUT2D eigenvalue weighted by Gasteiger charge is 2.10. The summed E-state index contributed by atoms with van der Waals surface area (Å²) in [5.41, 5.74) is 1.20. The molecular formula is C19H16N6O3. The van der Waals surface area contributed by atoms with Crippen LogP contribution in [0.2, 0.25) is 0 Å². The number of amides is 1. The van der Waals surface area contributed by atoms with E-state index in [0.29, 0.717) is 23.9 Å². The Morgan fingerprint density at radius 1 is 1.14 bits per heavy atom. The lowest BCUT2D eigenvalue weighted by Crippen LogP contribution is -2.23. The van der Waals surface area contributed by atoms with Crippen molar-refractivity contribution in [2.45, 2.75) is 19.4 Å². The van der Waals surface area contributed by atoms with Crippen LogP contribution in [-0.2, 0) is 17.8 Å². The lowest BCUT2D eigenvalue weighted by atomic mass is 10.1. The van der Waals surface area contributed by atoms with Crippen molar-refractivity contribution in [3.05, 3.63) is 74.4 Å². The lowest BCUT2D eigenvalue weighted by molar-refractivity contribution is -0.121. The molecule has 0 saturated carbocycles. The summed E-state index contributed by atoms with van der Waals surface area (Å²) in [5, 5.41) is 12.8. The number of H-pyrrole nitrogens is 2. The fraction of sp³-hybridized carbons (Fsp3) is 0.158. The van der Waals surface area contributed by atoms with Crippen molar-refractivity contribution < 1.29 is 4.79 Å². The van der Waals surface area contributed by atoms with Gasteiger partial charge in [0, 0.05) is 18.0 Å². The second-order valence-corrected chi connectivity index (χ2v) is 6.30. The molecule has 3 N–H and O–H groups in total. The maximum Gasteiger partial charge on any atom is 0.278 e. The molecule has 0 unspecified atom stereocenters. The second-order valence-electron chi connectivity index (χ2n) is 6.30. The molecule has 0 atom stereocenters. The lowest BCUT2D eigenvalue weighted by Gasteiger charge is -2.05. The molecule has 140 valence electrons. The Morgan fingerprint density at radius 3 is 2.86 bits per heavy atom. The van der Waals surface area contributed by atoms with Gasteiger partial charge in [0.25, 0.3) is 5.56 Å². The van der Waals surface area contributed by atoms with Gasteiger partial charge >= 0.3 is 0 Å². The van der Waals surface area contributed by atoms with Gasteiger partial charge in [0.1, 0.15) is 5.52 Å². The molecule has 0 spiro atoms.